The molecule has 3 N–H and O–H groups in total. The predicted octanol–water partition coefficient (Wildman–Crippen LogP) is 4.70. The van der Waals surface area contributed by atoms with Crippen molar-refractivity contribution in [3.8, 4) is 5.75 Å². The topological polar surface area (TPSA) is 76.2 Å². The third kappa shape index (κ3) is 4.33. The monoisotopic (exact) mass is 386 g/mol. The van der Waals surface area contributed by atoms with E-state index >= 15 is 0 Å². The quantitative estimate of drug-likeness (QED) is 0.730. The molecule has 5 heteroatoms. The predicted molar refractivity (Wildman–Crippen MR) is 108 cm³/mol. The molecule has 2 fully saturated rings. The third-order valence-corrected chi connectivity index (χ3v) is 5.91. The van der Waals surface area contributed by atoms with Gasteiger partial charge in [0.05, 0.1) is 5.69 Å². The van der Waals surface area contributed by atoms with Crippen LogP contribution < -0.4 is 5.73 Å². The number of phenolic OH excluding ortho intramolecular Hbond substituents is 1. The third-order valence-electron chi connectivity index (χ3n) is 5.91. The molecule has 0 bridgehead atoms. The van der Waals surface area contributed by atoms with Crippen molar-refractivity contribution in [3.05, 3.63) is 58.9 Å². The Hall–Kier alpha value is -1.91. The van der Waals surface area contributed by atoms with Gasteiger partial charge in [-0.05, 0) is 79.7 Å². The van der Waals surface area contributed by atoms with E-state index in [0.717, 1.165) is 49.8 Å². The molecule has 2 saturated carbocycles. The molecule has 2 aromatic rings. The van der Waals surface area contributed by atoms with Crippen molar-refractivity contribution in [3.63, 3.8) is 0 Å². The van der Waals surface area contributed by atoms with Crippen molar-refractivity contribution >= 4 is 18.2 Å². The molecule has 4 nitrogen and oxygen atoms in total. The van der Waals surface area contributed by atoms with Gasteiger partial charge in [0.2, 0.25) is 0 Å². The van der Waals surface area contributed by atoms with E-state index in [2.05, 4.69) is 11.1 Å². The molecule has 0 saturated heterocycles. The second kappa shape index (κ2) is 8.41. The van der Waals surface area contributed by atoms with Crippen LogP contribution in [0.4, 0.5) is 0 Å². The number of aromatic hydroxyl groups is 1. The number of rotatable bonds is 5. The van der Waals surface area contributed by atoms with Gasteiger partial charge in [-0.15, -0.1) is 12.4 Å². The lowest BCUT2D eigenvalue weighted by Crippen LogP contribution is -2.23. The summed E-state index contributed by atoms with van der Waals surface area (Å²) in [5.74, 6) is 1.58. The first kappa shape index (κ1) is 19.8. The van der Waals surface area contributed by atoms with E-state index in [1.807, 2.05) is 18.2 Å². The highest BCUT2D eigenvalue weighted by molar-refractivity contribution is 5.97. The molecule has 2 aliphatic rings. The van der Waals surface area contributed by atoms with Gasteiger partial charge in [0.1, 0.15) is 11.4 Å². The van der Waals surface area contributed by atoms with Gasteiger partial charge < -0.3 is 10.8 Å². The lowest BCUT2D eigenvalue weighted by Gasteiger charge is -2.28. The number of ketones is 1. The van der Waals surface area contributed by atoms with Crippen LogP contribution in [-0.2, 0) is 6.54 Å². The van der Waals surface area contributed by atoms with E-state index < -0.39 is 0 Å². The molecule has 144 valence electrons. The van der Waals surface area contributed by atoms with Crippen LogP contribution in [0.1, 0.15) is 77.7 Å². The van der Waals surface area contributed by atoms with Crippen LogP contribution in [0, 0.1) is 5.92 Å². The Morgan fingerprint density at radius 2 is 1.59 bits per heavy atom. The van der Waals surface area contributed by atoms with E-state index in [0.29, 0.717) is 29.8 Å². The molecule has 1 heterocycles. The number of hydrogen-bond donors (Lipinski definition) is 2. The Morgan fingerprint density at radius 1 is 0.963 bits per heavy atom. The highest BCUT2D eigenvalue weighted by atomic mass is 35.5. The summed E-state index contributed by atoms with van der Waals surface area (Å²) in [6.45, 7) is 0.374. The number of halogens is 1. The van der Waals surface area contributed by atoms with Gasteiger partial charge in [-0.1, -0.05) is 18.2 Å². The lowest BCUT2D eigenvalue weighted by atomic mass is 9.76. The van der Waals surface area contributed by atoms with Crippen LogP contribution in [0.15, 0.2) is 36.4 Å². The maximum absolute atomic E-state index is 13.2. The summed E-state index contributed by atoms with van der Waals surface area (Å²) in [6, 6.07) is 11.5. The SMILES string of the molecule is Cl.NCc1ccc(C2CC2)c(C(=O)C2CCC(c3ccc(O)cc3)CC2)n1. The van der Waals surface area contributed by atoms with E-state index in [1.54, 1.807) is 12.1 Å². The van der Waals surface area contributed by atoms with Gasteiger partial charge in [-0.3, -0.25) is 4.79 Å². The van der Waals surface area contributed by atoms with Crippen LogP contribution in [0.25, 0.3) is 0 Å². The summed E-state index contributed by atoms with van der Waals surface area (Å²) in [5.41, 5.74) is 9.62. The number of nitrogens with zero attached hydrogens (tertiary/aromatic N) is 1. The Labute approximate surface area is 166 Å². The molecule has 2 aliphatic carbocycles. The van der Waals surface area contributed by atoms with Crippen LogP contribution in [-0.4, -0.2) is 15.9 Å². The minimum Gasteiger partial charge on any atom is -0.508 e. The highest BCUT2D eigenvalue weighted by Gasteiger charge is 2.33. The van der Waals surface area contributed by atoms with Crippen molar-refractivity contribution < 1.29 is 9.90 Å². The molecular formula is C22H27ClN2O2. The van der Waals surface area contributed by atoms with E-state index in [4.69, 9.17) is 5.73 Å². The Kier molecular flexibility index (Phi) is 6.18. The zero-order valence-electron chi connectivity index (χ0n) is 15.4. The van der Waals surface area contributed by atoms with Crippen molar-refractivity contribution in [2.75, 3.05) is 0 Å². The van der Waals surface area contributed by atoms with Gasteiger partial charge in [-0.2, -0.15) is 0 Å². The minimum absolute atomic E-state index is 0. The first-order valence-corrected chi connectivity index (χ1v) is 9.68. The standard InChI is InChI=1S/C22H26N2O2.ClH/c23-13-18-9-12-20(16-3-4-16)21(24-18)22(26)17-5-1-14(2-6-17)15-7-10-19(25)11-8-15;/h7-12,14,16-17,25H,1-6,13,23H2;1H. The maximum Gasteiger partial charge on any atom is 0.184 e. The van der Waals surface area contributed by atoms with Crippen LogP contribution >= 0.6 is 12.4 Å². The summed E-state index contributed by atoms with van der Waals surface area (Å²) in [5, 5.41) is 9.45. The largest absolute Gasteiger partial charge is 0.508 e. The zero-order chi connectivity index (χ0) is 18.1. The van der Waals surface area contributed by atoms with Crippen molar-refractivity contribution in [1.29, 1.82) is 0 Å². The number of benzene rings is 1. The Balaban J connectivity index is 0.00000210. The van der Waals surface area contributed by atoms with Crippen molar-refractivity contribution in [2.24, 2.45) is 11.7 Å². The maximum atomic E-state index is 13.2. The fourth-order valence-corrected chi connectivity index (χ4v) is 4.17. The van der Waals surface area contributed by atoms with Crippen molar-refractivity contribution in [1.82, 2.24) is 4.98 Å². The second-order valence-corrected chi connectivity index (χ2v) is 7.72. The molecule has 1 aromatic heterocycles. The van der Waals surface area contributed by atoms with Gasteiger partial charge in [-0.25, -0.2) is 4.98 Å². The second-order valence-electron chi connectivity index (χ2n) is 7.72. The molecule has 1 aromatic carbocycles. The average Bonchev–Trinajstić information content (AvgIpc) is 3.53. The molecule has 27 heavy (non-hydrogen) atoms. The number of carbonyl (C=O) groups excluding carboxylic acids is 1. The normalized spacial score (nSPS) is 22.1. The zero-order valence-corrected chi connectivity index (χ0v) is 16.3. The molecule has 0 atom stereocenters. The number of pyridine rings is 1. The lowest BCUT2D eigenvalue weighted by molar-refractivity contribution is 0.0877. The highest BCUT2D eigenvalue weighted by Crippen LogP contribution is 2.43. The van der Waals surface area contributed by atoms with Crippen LogP contribution in [0.2, 0.25) is 0 Å². The van der Waals surface area contributed by atoms with E-state index in [-0.39, 0.29) is 24.1 Å². The fraction of sp³-hybridized carbons (Fsp3) is 0.455. The van der Waals surface area contributed by atoms with Crippen LogP contribution in [0.5, 0.6) is 5.75 Å². The number of phenols is 1. The first-order valence-electron chi connectivity index (χ1n) is 9.68. The minimum atomic E-state index is 0. The van der Waals surface area contributed by atoms with Crippen molar-refractivity contribution in [2.45, 2.75) is 56.9 Å². The van der Waals surface area contributed by atoms with E-state index in [9.17, 15) is 9.90 Å². The average molecular weight is 387 g/mol. The Bertz CT molecular complexity index is 794. The Morgan fingerprint density at radius 3 is 2.19 bits per heavy atom. The van der Waals surface area contributed by atoms with Crippen LogP contribution in [0.3, 0.4) is 0 Å². The summed E-state index contributed by atoms with van der Waals surface area (Å²) >= 11 is 0. The van der Waals surface area contributed by atoms with Gasteiger partial charge in [0, 0.05) is 12.5 Å². The summed E-state index contributed by atoms with van der Waals surface area (Å²) in [7, 11) is 0. The first-order chi connectivity index (χ1) is 12.7. The number of nitrogens with two attached hydrogens (primary N) is 1. The number of aromatic nitrogens is 1. The molecule has 0 spiro atoms. The summed E-state index contributed by atoms with van der Waals surface area (Å²) in [6.07, 6.45) is 6.16. The van der Waals surface area contributed by atoms with Gasteiger partial charge in [0.15, 0.2) is 5.78 Å². The molecule has 0 unspecified atom stereocenters. The number of carbonyl (C=O) groups is 1. The molecule has 0 amide bonds. The van der Waals surface area contributed by atoms with Gasteiger partial charge in [0.25, 0.3) is 0 Å². The summed E-state index contributed by atoms with van der Waals surface area (Å²) < 4.78 is 0. The number of Topliss-reactive ketones (excluding diaryl/α,β-unsaturated/α-hetero) is 1. The molecular weight excluding hydrogens is 360 g/mol. The fourth-order valence-electron chi connectivity index (χ4n) is 4.17. The van der Waals surface area contributed by atoms with Gasteiger partial charge >= 0.3 is 0 Å². The molecule has 0 aliphatic heterocycles. The summed E-state index contributed by atoms with van der Waals surface area (Å²) in [4.78, 5) is 17.8. The number of hydrogen-bond acceptors (Lipinski definition) is 4. The molecule has 4 rings (SSSR count). The molecule has 0 radical (unpaired) electrons. The smallest absolute Gasteiger partial charge is 0.184 e. The van der Waals surface area contributed by atoms with E-state index in [1.165, 1.54) is 5.56 Å².